The summed E-state index contributed by atoms with van der Waals surface area (Å²) in [6.45, 7) is 6.81. The van der Waals surface area contributed by atoms with Gasteiger partial charge in [-0.1, -0.05) is 20.8 Å². The number of H-pyrrole nitrogens is 1. The van der Waals surface area contributed by atoms with Crippen LogP contribution in [0.3, 0.4) is 0 Å². The number of benzene rings is 1. The van der Waals surface area contributed by atoms with E-state index in [9.17, 15) is 14.7 Å². The zero-order valence-corrected chi connectivity index (χ0v) is 17.0. The van der Waals surface area contributed by atoms with Crippen LogP contribution in [0.1, 0.15) is 49.5 Å². The molecule has 0 saturated carbocycles. The molecular weight excluding hydrogens is 368 g/mol. The number of amides is 1. The first kappa shape index (κ1) is 19.5. The van der Waals surface area contributed by atoms with Crippen molar-refractivity contribution in [2.45, 2.75) is 45.1 Å². The second kappa shape index (κ2) is 7.19. The molecule has 0 bridgehead atoms. The third kappa shape index (κ3) is 3.38. The van der Waals surface area contributed by atoms with Gasteiger partial charge in [0.1, 0.15) is 11.8 Å². The fourth-order valence-electron chi connectivity index (χ4n) is 4.11. The van der Waals surface area contributed by atoms with Gasteiger partial charge in [-0.3, -0.25) is 9.59 Å². The maximum absolute atomic E-state index is 13.3. The number of fused-ring (bicyclic) bond motifs is 1. The molecule has 0 unspecified atom stereocenters. The summed E-state index contributed by atoms with van der Waals surface area (Å²) in [5.41, 5.74) is 2.95. The van der Waals surface area contributed by atoms with Crippen molar-refractivity contribution in [3.63, 3.8) is 0 Å². The zero-order chi connectivity index (χ0) is 20.8. The number of nitrogens with zero attached hydrogens (tertiary/aromatic N) is 1. The number of hydrogen-bond donors (Lipinski definition) is 2. The second-order valence-electron chi connectivity index (χ2n) is 8.69. The molecule has 1 atom stereocenters. The van der Waals surface area contributed by atoms with Crippen LogP contribution in [0, 0.1) is 0 Å². The summed E-state index contributed by atoms with van der Waals surface area (Å²) in [5.74, 6) is -0.140. The van der Waals surface area contributed by atoms with Crippen LogP contribution in [0.4, 0.5) is 0 Å². The van der Waals surface area contributed by atoms with E-state index >= 15 is 0 Å². The van der Waals surface area contributed by atoms with E-state index in [0.717, 1.165) is 24.0 Å². The number of carbonyl (C=O) groups is 1. The summed E-state index contributed by atoms with van der Waals surface area (Å²) in [4.78, 5) is 30.1. The van der Waals surface area contributed by atoms with Gasteiger partial charge in [0, 0.05) is 29.3 Å². The Morgan fingerprint density at radius 2 is 2.14 bits per heavy atom. The predicted octanol–water partition coefficient (Wildman–Crippen LogP) is 3.68. The summed E-state index contributed by atoms with van der Waals surface area (Å²) in [6, 6.07) is 7.23. The van der Waals surface area contributed by atoms with E-state index in [0.29, 0.717) is 28.6 Å². The quantitative estimate of drug-likeness (QED) is 0.709. The zero-order valence-electron chi connectivity index (χ0n) is 17.0. The van der Waals surface area contributed by atoms with Crippen molar-refractivity contribution in [3.05, 3.63) is 58.2 Å². The van der Waals surface area contributed by atoms with Crippen molar-refractivity contribution in [1.82, 2.24) is 9.88 Å². The van der Waals surface area contributed by atoms with E-state index in [4.69, 9.17) is 4.42 Å². The lowest BCUT2D eigenvalue weighted by Gasteiger charge is -2.23. The Hall–Kier alpha value is -2.86. The van der Waals surface area contributed by atoms with Crippen molar-refractivity contribution in [3.8, 4) is 11.1 Å². The molecule has 3 heterocycles. The molecule has 1 aliphatic heterocycles. The Kier molecular flexibility index (Phi) is 4.82. The lowest BCUT2D eigenvalue weighted by atomic mass is 9.84. The summed E-state index contributed by atoms with van der Waals surface area (Å²) >= 11 is 0. The number of furan rings is 1. The Balaban J connectivity index is 1.92. The smallest absolute Gasteiger partial charge is 0.258 e. The van der Waals surface area contributed by atoms with Gasteiger partial charge in [-0.2, -0.15) is 0 Å². The van der Waals surface area contributed by atoms with Crippen LogP contribution in [0.5, 0.6) is 0 Å². The van der Waals surface area contributed by atoms with E-state index < -0.39 is 0 Å². The summed E-state index contributed by atoms with van der Waals surface area (Å²) in [5, 5.41) is 10.3. The molecule has 1 aliphatic rings. The lowest BCUT2D eigenvalue weighted by molar-refractivity contribution is 0.0678. The van der Waals surface area contributed by atoms with Gasteiger partial charge in [0.05, 0.1) is 18.2 Å². The predicted molar refractivity (Wildman–Crippen MR) is 112 cm³/mol. The van der Waals surface area contributed by atoms with Crippen LogP contribution >= 0.6 is 0 Å². The van der Waals surface area contributed by atoms with E-state index in [1.807, 2.05) is 12.1 Å². The number of carbonyl (C=O) groups excluding carboxylic acids is 1. The average molecular weight is 394 g/mol. The number of aliphatic hydroxyl groups excluding tert-OH is 1. The molecule has 29 heavy (non-hydrogen) atoms. The number of rotatable bonds is 3. The highest BCUT2D eigenvalue weighted by Gasteiger charge is 2.32. The minimum atomic E-state index is -0.241. The van der Waals surface area contributed by atoms with E-state index in [1.54, 1.807) is 23.2 Å². The fraction of sp³-hybridized carbons (Fsp3) is 0.391. The van der Waals surface area contributed by atoms with Crippen molar-refractivity contribution in [2.75, 3.05) is 13.2 Å². The first-order valence-electron chi connectivity index (χ1n) is 9.97. The molecule has 1 aromatic carbocycles. The lowest BCUT2D eigenvalue weighted by Crippen LogP contribution is -2.37. The molecule has 0 spiro atoms. The highest BCUT2D eigenvalue weighted by Crippen LogP contribution is 2.37. The normalized spacial score (nSPS) is 17.2. The highest BCUT2D eigenvalue weighted by atomic mass is 16.3. The SMILES string of the molecule is CC(C)(C)c1cc(-c2ccc[nH]c2=O)cc2c(C(=O)N3CCC[C@@H]3CO)coc12. The van der Waals surface area contributed by atoms with Crippen LogP contribution in [-0.2, 0) is 5.41 Å². The standard InChI is InChI=1S/C23H26N2O4/c1-23(2,3)19-11-14(16-7-4-8-24-21(16)27)10-17-18(13-29-20(17)19)22(28)25-9-5-6-15(25)12-26/h4,7-8,10-11,13,15,26H,5-6,9,12H2,1-3H3,(H,24,27)/t15-/m1/s1. The Bertz CT molecular complexity index is 1120. The molecule has 1 fully saturated rings. The first-order chi connectivity index (χ1) is 13.8. The van der Waals surface area contributed by atoms with Gasteiger partial charge in [-0.25, -0.2) is 0 Å². The number of likely N-dealkylation sites (tertiary alicyclic amines) is 1. The fourth-order valence-corrected chi connectivity index (χ4v) is 4.11. The van der Waals surface area contributed by atoms with Crippen LogP contribution in [0.15, 0.2) is 45.9 Å². The van der Waals surface area contributed by atoms with Gasteiger partial charge in [-0.15, -0.1) is 0 Å². The molecule has 1 saturated heterocycles. The third-order valence-electron chi connectivity index (χ3n) is 5.69. The molecule has 6 heteroatoms. The molecule has 2 N–H and O–H groups in total. The topological polar surface area (TPSA) is 86.5 Å². The average Bonchev–Trinajstić information content (AvgIpc) is 3.33. The maximum Gasteiger partial charge on any atom is 0.258 e. The molecule has 1 amide bonds. The molecule has 4 rings (SSSR count). The minimum absolute atomic E-state index is 0.0423. The van der Waals surface area contributed by atoms with Gasteiger partial charge < -0.3 is 19.4 Å². The Morgan fingerprint density at radius 3 is 2.83 bits per heavy atom. The van der Waals surface area contributed by atoms with Crippen LogP contribution in [-0.4, -0.2) is 40.1 Å². The van der Waals surface area contributed by atoms with Crippen LogP contribution in [0.2, 0.25) is 0 Å². The Labute approximate surface area is 169 Å². The highest BCUT2D eigenvalue weighted by molar-refractivity contribution is 6.08. The van der Waals surface area contributed by atoms with E-state index in [2.05, 4.69) is 25.8 Å². The van der Waals surface area contributed by atoms with E-state index in [-0.39, 0.29) is 29.5 Å². The van der Waals surface area contributed by atoms with Crippen LogP contribution < -0.4 is 5.56 Å². The summed E-state index contributed by atoms with van der Waals surface area (Å²) in [6.07, 6.45) is 4.79. The molecule has 2 aromatic heterocycles. The number of aromatic amines is 1. The molecular formula is C23H26N2O4. The summed E-state index contributed by atoms with van der Waals surface area (Å²) < 4.78 is 5.88. The number of aromatic nitrogens is 1. The van der Waals surface area contributed by atoms with Crippen molar-refractivity contribution < 1.29 is 14.3 Å². The van der Waals surface area contributed by atoms with Gasteiger partial charge >= 0.3 is 0 Å². The largest absolute Gasteiger partial charge is 0.463 e. The molecule has 0 radical (unpaired) electrons. The second-order valence-corrected chi connectivity index (χ2v) is 8.69. The Morgan fingerprint density at radius 1 is 1.34 bits per heavy atom. The first-order valence-corrected chi connectivity index (χ1v) is 9.97. The van der Waals surface area contributed by atoms with E-state index in [1.165, 1.54) is 6.26 Å². The maximum atomic E-state index is 13.3. The number of hydrogen-bond acceptors (Lipinski definition) is 4. The minimum Gasteiger partial charge on any atom is -0.463 e. The monoisotopic (exact) mass is 394 g/mol. The van der Waals surface area contributed by atoms with Gasteiger partial charge in [0.25, 0.3) is 11.5 Å². The summed E-state index contributed by atoms with van der Waals surface area (Å²) in [7, 11) is 0. The van der Waals surface area contributed by atoms with Gasteiger partial charge in [0.15, 0.2) is 0 Å². The number of aliphatic hydroxyl groups is 1. The van der Waals surface area contributed by atoms with Crippen LogP contribution in [0.25, 0.3) is 22.1 Å². The van der Waals surface area contributed by atoms with Gasteiger partial charge in [-0.05, 0) is 48.1 Å². The molecule has 0 aliphatic carbocycles. The number of nitrogens with one attached hydrogen (secondary N) is 1. The van der Waals surface area contributed by atoms with Crippen molar-refractivity contribution in [2.24, 2.45) is 0 Å². The van der Waals surface area contributed by atoms with Gasteiger partial charge in [0.2, 0.25) is 0 Å². The van der Waals surface area contributed by atoms with Crippen molar-refractivity contribution >= 4 is 16.9 Å². The third-order valence-corrected chi connectivity index (χ3v) is 5.69. The molecule has 152 valence electrons. The molecule has 3 aromatic rings. The molecule has 6 nitrogen and oxygen atoms in total. The van der Waals surface area contributed by atoms with Crippen molar-refractivity contribution in [1.29, 1.82) is 0 Å². The number of pyridine rings is 1.